The molecule has 0 radical (unpaired) electrons. The molecule has 0 saturated heterocycles. The molecular formula is C25H22Cl2N2O3. The van der Waals surface area contributed by atoms with Gasteiger partial charge in [-0.2, -0.15) is 0 Å². The molecule has 1 N–H and O–H groups in total. The van der Waals surface area contributed by atoms with Crippen molar-refractivity contribution in [2.75, 3.05) is 13.7 Å². The summed E-state index contributed by atoms with van der Waals surface area (Å²) in [4.78, 5) is 18.5. The summed E-state index contributed by atoms with van der Waals surface area (Å²) >= 11 is 12.3. The first-order chi connectivity index (χ1) is 15.5. The Kier molecular flexibility index (Phi) is 6.40. The summed E-state index contributed by atoms with van der Waals surface area (Å²) in [6, 6.07) is 21.4. The first kappa shape index (κ1) is 22.2. The summed E-state index contributed by atoms with van der Waals surface area (Å²) in [6.45, 7) is 2.01. The number of esters is 1. The quantitative estimate of drug-likeness (QED) is 0.481. The lowest BCUT2D eigenvalue weighted by Crippen LogP contribution is -2.43. The molecule has 0 bridgehead atoms. The van der Waals surface area contributed by atoms with Crippen molar-refractivity contribution in [3.63, 3.8) is 0 Å². The van der Waals surface area contributed by atoms with Crippen molar-refractivity contribution in [2.45, 2.75) is 18.5 Å². The lowest BCUT2D eigenvalue weighted by atomic mass is 9.80. The van der Waals surface area contributed by atoms with Gasteiger partial charge in [-0.3, -0.25) is 0 Å². The van der Waals surface area contributed by atoms with Crippen molar-refractivity contribution in [3.05, 3.63) is 99.5 Å². The molecule has 0 aliphatic carbocycles. The van der Waals surface area contributed by atoms with Crippen LogP contribution in [0.2, 0.25) is 10.0 Å². The number of hydrogen-bond donors (Lipinski definition) is 1. The SMILES string of the molecule is CCOC(=O)[C@@]1(c2ccc(Cl)cc2)N=C(c2ccc(OC)cc2)N[C@@H]1c1ccc(Cl)cc1. The van der Waals surface area contributed by atoms with E-state index in [0.717, 1.165) is 16.9 Å². The molecule has 0 amide bonds. The summed E-state index contributed by atoms with van der Waals surface area (Å²) in [5.41, 5.74) is 1.01. The van der Waals surface area contributed by atoms with Gasteiger partial charge >= 0.3 is 5.97 Å². The zero-order valence-corrected chi connectivity index (χ0v) is 19.2. The molecule has 7 heteroatoms. The van der Waals surface area contributed by atoms with E-state index in [1.807, 2.05) is 48.5 Å². The van der Waals surface area contributed by atoms with Crippen molar-refractivity contribution in [2.24, 2.45) is 4.99 Å². The number of carbonyl (C=O) groups is 1. The topological polar surface area (TPSA) is 59.9 Å². The highest BCUT2D eigenvalue weighted by molar-refractivity contribution is 6.30. The van der Waals surface area contributed by atoms with Crippen LogP contribution in [-0.2, 0) is 15.1 Å². The van der Waals surface area contributed by atoms with Crippen LogP contribution in [0.1, 0.15) is 29.7 Å². The molecule has 0 spiro atoms. The largest absolute Gasteiger partial charge is 0.497 e. The van der Waals surface area contributed by atoms with Crippen molar-refractivity contribution < 1.29 is 14.3 Å². The van der Waals surface area contributed by atoms with Crippen LogP contribution in [0.15, 0.2) is 77.8 Å². The number of carbonyl (C=O) groups excluding carboxylic acids is 1. The number of nitrogens with one attached hydrogen (secondary N) is 1. The van der Waals surface area contributed by atoms with Gasteiger partial charge in [-0.1, -0.05) is 47.5 Å². The minimum absolute atomic E-state index is 0.231. The van der Waals surface area contributed by atoms with E-state index < -0.39 is 17.6 Å². The first-order valence-corrected chi connectivity index (χ1v) is 10.9. The fraction of sp³-hybridized carbons (Fsp3) is 0.200. The molecule has 3 aromatic carbocycles. The van der Waals surface area contributed by atoms with E-state index in [1.54, 1.807) is 38.3 Å². The van der Waals surface area contributed by atoms with E-state index in [1.165, 1.54) is 0 Å². The fourth-order valence-electron chi connectivity index (χ4n) is 3.85. The van der Waals surface area contributed by atoms with E-state index in [9.17, 15) is 4.79 Å². The van der Waals surface area contributed by atoms with E-state index >= 15 is 0 Å². The maximum atomic E-state index is 13.5. The van der Waals surface area contributed by atoms with E-state index in [2.05, 4.69) is 5.32 Å². The number of methoxy groups -OCH3 is 1. The van der Waals surface area contributed by atoms with Crippen molar-refractivity contribution in [1.82, 2.24) is 5.32 Å². The Bertz CT molecular complexity index is 1130. The number of benzene rings is 3. The van der Waals surface area contributed by atoms with Crippen molar-refractivity contribution in [1.29, 1.82) is 0 Å². The molecule has 164 valence electrons. The number of amidine groups is 1. The second kappa shape index (κ2) is 9.23. The van der Waals surface area contributed by atoms with Gasteiger partial charge in [-0.15, -0.1) is 0 Å². The van der Waals surface area contributed by atoms with E-state index in [4.69, 9.17) is 37.7 Å². The maximum Gasteiger partial charge on any atom is 0.341 e. The molecule has 4 rings (SSSR count). The summed E-state index contributed by atoms with van der Waals surface area (Å²) in [5.74, 6) is 0.866. The van der Waals surface area contributed by atoms with Gasteiger partial charge in [0.2, 0.25) is 5.54 Å². The third-order valence-electron chi connectivity index (χ3n) is 5.42. The number of rotatable bonds is 6. The Balaban J connectivity index is 1.91. The van der Waals surface area contributed by atoms with Gasteiger partial charge in [0.05, 0.1) is 19.8 Å². The first-order valence-electron chi connectivity index (χ1n) is 10.2. The van der Waals surface area contributed by atoms with E-state index in [0.29, 0.717) is 21.4 Å². The molecule has 0 aromatic heterocycles. The van der Waals surface area contributed by atoms with Gasteiger partial charge in [0.1, 0.15) is 11.6 Å². The summed E-state index contributed by atoms with van der Waals surface area (Å²) in [5, 5.41) is 4.63. The average molecular weight is 469 g/mol. The van der Waals surface area contributed by atoms with Crippen LogP contribution in [0.3, 0.4) is 0 Å². The highest BCUT2D eigenvalue weighted by Gasteiger charge is 2.54. The fourth-order valence-corrected chi connectivity index (χ4v) is 4.10. The minimum Gasteiger partial charge on any atom is -0.497 e. The second-order valence-corrected chi connectivity index (χ2v) is 8.18. The van der Waals surface area contributed by atoms with Crippen molar-refractivity contribution >= 4 is 35.0 Å². The monoisotopic (exact) mass is 468 g/mol. The van der Waals surface area contributed by atoms with Gasteiger partial charge in [-0.05, 0) is 66.6 Å². The van der Waals surface area contributed by atoms with Crippen LogP contribution < -0.4 is 10.1 Å². The van der Waals surface area contributed by atoms with Crippen LogP contribution in [0.4, 0.5) is 0 Å². The Labute approximate surface area is 197 Å². The molecule has 32 heavy (non-hydrogen) atoms. The lowest BCUT2D eigenvalue weighted by Gasteiger charge is -2.31. The zero-order valence-electron chi connectivity index (χ0n) is 17.6. The predicted molar refractivity (Wildman–Crippen MR) is 127 cm³/mol. The highest BCUT2D eigenvalue weighted by Crippen LogP contribution is 2.45. The number of halogens is 2. The predicted octanol–water partition coefficient (Wildman–Crippen LogP) is 5.55. The minimum atomic E-state index is -1.34. The summed E-state index contributed by atoms with van der Waals surface area (Å²) in [7, 11) is 1.61. The average Bonchev–Trinajstić information content (AvgIpc) is 3.22. The molecule has 0 fully saturated rings. The maximum absolute atomic E-state index is 13.5. The molecule has 5 nitrogen and oxygen atoms in total. The van der Waals surface area contributed by atoms with Gasteiger partial charge in [0, 0.05) is 15.6 Å². The Morgan fingerprint density at radius 2 is 1.56 bits per heavy atom. The molecular weight excluding hydrogens is 447 g/mol. The summed E-state index contributed by atoms with van der Waals surface area (Å²) < 4.78 is 10.8. The Morgan fingerprint density at radius 3 is 2.12 bits per heavy atom. The molecule has 3 aromatic rings. The van der Waals surface area contributed by atoms with Crippen LogP contribution in [0.5, 0.6) is 5.75 Å². The number of hydrogen-bond acceptors (Lipinski definition) is 5. The lowest BCUT2D eigenvalue weighted by molar-refractivity contribution is -0.150. The Hall–Kier alpha value is -3.02. The molecule has 0 unspecified atom stereocenters. The normalized spacial score (nSPS) is 19.8. The summed E-state index contributed by atoms with van der Waals surface area (Å²) in [6.07, 6.45) is 0. The number of nitrogens with zero attached hydrogens (tertiary/aromatic N) is 1. The highest BCUT2D eigenvalue weighted by atomic mass is 35.5. The van der Waals surface area contributed by atoms with Gasteiger partial charge in [-0.25, -0.2) is 9.79 Å². The molecule has 2 atom stereocenters. The molecule has 1 heterocycles. The van der Waals surface area contributed by atoms with Crippen LogP contribution in [-0.4, -0.2) is 25.5 Å². The number of aliphatic imine (C=N–C) groups is 1. The standard InChI is InChI=1S/C25H22Cl2N2O3/c1-3-32-24(30)25(18-8-12-20(27)13-9-18)22(16-4-10-19(26)11-5-16)28-23(29-25)17-6-14-21(31-2)15-7-17/h4-15,22H,3H2,1-2H3,(H,28,29)/t22-,25+/m1/s1. The third kappa shape index (κ3) is 4.06. The van der Waals surface area contributed by atoms with Crippen LogP contribution in [0.25, 0.3) is 0 Å². The third-order valence-corrected chi connectivity index (χ3v) is 5.93. The molecule has 1 aliphatic rings. The Morgan fingerprint density at radius 1 is 0.969 bits per heavy atom. The second-order valence-electron chi connectivity index (χ2n) is 7.31. The molecule has 0 saturated carbocycles. The van der Waals surface area contributed by atoms with Crippen molar-refractivity contribution in [3.8, 4) is 5.75 Å². The van der Waals surface area contributed by atoms with Gasteiger partial charge in [0.25, 0.3) is 0 Å². The van der Waals surface area contributed by atoms with Gasteiger partial charge in [0.15, 0.2) is 0 Å². The zero-order chi connectivity index (χ0) is 22.7. The number of ether oxygens (including phenoxy) is 2. The van der Waals surface area contributed by atoms with Crippen LogP contribution in [0, 0.1) is 0 Å². The van der Waals surface area contributed by atoms with E-state index in [-0.39, 0.29) is 6.61 Å². The molecule has 1 aliphatic heterocycles. The van der Waals surface area contributed by atoms with Gasteiger partial charge < -0.3 is 14.8 Å². The smallest absolute Gasteiger partial charge is 0.341 e. The van der Waals surface area contributed by atoms with Crippen LogP contribution >= 0.6 is 23.2 Å².